The summed E-state index contributed by atoms with van der Waals surface area (Å²) in [4.78, 5) is 18.3. The summed E-state index contributed by atoms with van der Waals surface area (Å²) in [6, 6.07) is 3.85. The van der Waals surface area contributed by atoms with E-state index in [0.29, 0.717) is 18.1 Å². The summed E-state index contributed by atoms with van der Waals surface area (Å²) in [7, 11) is -0.408. The minimum absolute atomic E-state index is 0.253. The molecule has 0 saturated carbocycles. The molecule has 0 spiro atoms. The molecular weight excluding hydrogens is 380 g/mol. The molecule has 0 atom stereocenters. The fourth-order valence-electron chi connectivity index (χ4n) is 2.34. The number of hydrogen-bond acceptors (Lipinski definition) is 6. The molecule has 25 heavy (non-hydrogen) atoms. The smallest absolute Gasteiger partial charge is 0.281 e. The highest BCUT2D eigenvalue weighted by Gasteiger charge is 2.30. The molecule has 1 aliphatic rings. The maximum Gasteiger partial charge on any atom is 0.281 e. The number of nitrogens with zero attached hydrogens (tertiary/aromatic N) is 3. The zero-order valence-electron chi connectivity index (χ0n) is 13.8. The predicted molar refractivity (Wildman–Crippen MR) is 101 cm³/mol. The Labute approximate surface area is 154 Å². The average molecular weight is 399 g/mol. The number of amides is 1. The first-order chi connectivity index (χ1) is 11.9. The van der Waals surface area contributed by atoms with Gasteiger partial charge in [-0.1, -0.05) is 6.07 Å². The maximum atomic E-state index is 12.2. The van der Waals surface area contributed by atoms with Crippen LogP contribution in [0.5, 0.6) is 0 Å². The summed E-state index contributed by atoms with van der Waals surface area (Å²) in [6.07, 6.45) is 3.76. The van der Waals surface area contributed by atoms with Gasteiger partial charge < -0.3 is 0 Å². The van der Waals surface area contributed by atoms with Gasteiger partial charge in [0.05, 0.1) is 12.2 Å². The number of anilines is 1. The fourth-order valence-corrected chi connectivity index (χ4v) is 5.15. The Morgan fingerprint density at radius 2 is 2.24 bits per heavy atom. The first kappa shape index (κ1) is 18.2. The molecule has 2 aromatic rings. The molecule has 0 aromatic carbocycles. The third kappa shape index (κ3) is 4.15. The molecule has 7 nitrogen and oxygen atoms in total. The first-order valence-corrected chi connectivity index (χ1v) is 10.6. The molecule has 0 radical (unpaired) electrons. The van der Waals surface area contributed by atoms with E-state index in [-0.39, 0.29) is 12.5 Å². The van der Waals surface area contributed by atoms with Gasteiger partial charge in [-0.05, 0) is 17.5 Å². The number of hydrogen-bond donors (Lipinski definition) is 1. The Morgan fingerprint density at radius 3 is 2.92 bits per heavy atom. The second-order valence-electron chi connectivity index (χ2n) is 5.60. The number of thiophene rings is 1. The number of thiazole rings is 1. The summed E-state index contributed by atoms with van der Waals surface area (Å²) in [5, 5.41) is 5.19. The Bertz CT molecular complexity index is 885. The van der Waals surface area contributed by atoms with Crippen molar-refractivity contribution in [1.82, 2.24) is 13.6 Å². The summed E-state index contributed by atoms with van der Waals surface area (Å²) in [5.74, 6) is -0.253. The van der Waals surface area contributed by atoms with Crippen LogP contribution in [0.25, 0.3) is 6.08 Å². The lowest BCUT2D eigenvalue weighted by Gasteiger charge is -2.27. The molecule has 2 aromatic heterocycles. The molecular formula is C15H18N4O3S3. The van der Waals surface area contributed by atoms with Gasteiger partial charge in [0.25, 0.3) is 10.2 Å². The minimum atomic E-state index is -3.44. The van der Waals surface area contributed by atoms with Crippen molar-refractivity contribution >= 4 is 50.0 Å². The first-order valence-electron chi connectivity index (χ1n) is 7.55. The van der Waals surface area contributed by atoms with E-state index < -0.39 is 10.2 Å². The lowest BCUT2D eigenvalue weighted by Crippen LogP contribution is -2.42. The number of carbonyl (C=O) groups excluding carboxylic acids is 1. The Balaban J connectivity index is 1.67. The van der Waals surface area contributed by atoms with Gasteiger partial charge in [-0.15, -0.1) is 22.7 Å². The van der Waals surface area contributed by atoms with Crippen LogP contribution in [0.15, 0.2) is 23.6 Å². The SMILES string of the molecule is CN(C)S(=O)(=O)N1CCc2nc(NC(=O)/C=C/c3cccs3)sc2C1. The Morgan fingerprint density at radius 1 is 1.44 bits per heavy atom. The van der Waals surface area contributed by atoms with Crippen LogP contribution in [0, 0.1) is 0 Å². The van der Waals surface area contributed by atoms with Crippen LogP contribution in [-0.4, -0.2) is 48.6 Å². The van der Waals surface area contributed by atoms with E-state index in [1.165, 1.54) is 40.1 Å². The number of carbonyl (C=O) groups is 1. The van der Waals surface area contributed by atoms with Crippen molar-refractivity contribution in [2.45, 2.75) is 13.0 Å². The molecule has 0 fully saturated rings. The Hall–Kier alpha value is -1.59. The highest BCUT2D eigenvalue weighted by Crippen LogP contribution is 2.29. The van der Waals surface area contributed by atoms with Gasteiger partial charge in [0.2, 0.25) is 5.91 Å². The second kappa shape index (κ2) is 7.34. The number of rotatable bonds is 5. The predicted octanol–water partition coefficient (Wildman–Crippen LogP) is 2.02. The lowest BCUT2D eigenvalue weighted by atomic mass is 10.2. The topological polar surface area (TPSA) is 82.6 Å². The highest BCUT2D eigenvalue weighted by atomic mass is 32.2. The fraction of sp³-hybridized carbons (Fsp3) is 0.333. The van der Waals surface area contributed by atoms with Crippen LogP contribution in [0.3, 0.4) is 0 Å². The summed E-state index contributed by atoms with van der Waals surface area (Å²) in [5.41, 5.74) is 0.854. The van der Waals surface area contributed by atoms with Crippen LogP contribution >= 0.6 is 22.7 Å². The van der Waals surface area contributed by atoms with Gasteiger partial charge in [0.1, 0.15) is 0 Å². The van der Waals surface area contributed by atoms with Crippen molar-refractivity contribution in [2.75, 3.05) is 26.0 Å². The molecule has 134 valence electrons. The van der Waals surface area contributed by atoms with Crippen molar-refractivity contribution in [1.29, 1.82) is 0 Å². The molecule has 1 aliphatic heterocycles. The largest absolute Gasteiger partial charge is 0.298 e. The minimum Gasteiger partial charge on any atom is -0.298 e. The molecule has 1 N–H and O–H groups in total. The van der Waals surface area contributed by atoms with Crippen molar-refractivity contribution in [3.05, 3.63) is 39.0 Å². The molecule has 0 aliphatic carbocycles. The van der Waals surface area contributed by atoms with E-state index in [1.807, 2.05) is 17.5 Å². The third-order valence-corrected chi connectivity index (χ3v) is 7.38. The standard InChI is InChI=1S/C15H18N4O3S3/c1-18(2)25(21,22)19-8-7-12-13(10-19)24-15(16-12)17-14(20)6-5-11-4-3-9-23-11/h3-6,9H,7-8,10H2,1-2H3,(H,16,17,20)/b6-5+. The molecule has 0 unspecified atom stereocenters. The van der Waals surface area contributed by atoms with Gasteiger partial charge in [-0.25, -0.2) is 4.98 Å². The number of nitrogens with one attached hydrogen (secondary N) is 1. The van der Waals surface area contributed by atoms with E-state index in [1.54, 1.807) is 17.4 Å². The van der Waals surface area contributed by atoms with Crippen molar-refractivity contribution in [3.63, 3.8) is 0 Å². The van der Waals surface area contributed by atoms with Gasteiger partial charge in [0, 0.05) is 42.9 Å². The van der Waals surface area contributed by atoms with E-state index in [9.17, 15) is 13.2 Å². The van der Waals surface area contributed by atoms with E-state index in [0.717, 1.165) is 15.4 Å². The number of fused-ring (bicyclic) bond motifs is 1. The monoisotopic (exact) mass is 398 g/mol. The van der Waals surface area contributed by atoms with Gasteiger partial charge in [0.15, 0.2) is 5.13 Å². The Kier molecular flexibility index (Phi) is 5.35. The molecule has 1 amide bonds. The normalized spacial score (nSPS) is 15.6. The summed E-state index contributed by atoms with van der Waals surface area (Å²) >= 11 is 2.87. The van der Waals surface area contributed by atoms with Gasteiger partial charge in [-0.2, -0.15) is 17.0 Å². The van der Waals surface area contributed by atoms with Crippen LogP contribution in [-0.2, 0) is 28.0 Å². The van der Waals surface area contributed by atoms with Crippen LogP contribution in [0.4, 0.5) is 5.13 Å². The van der Waals surface area contributed by atoms with E-state index in [2.05, 4.69) is 10.3 Å². The maximum absolute atomic E-state index is 12.2. The van der Waals surface area contributed by atoms with Crippen molar-refractivity contribution < 1.29 is 13.2 Å². The molecule has 3 rings (SSSR count). The van der Waals surface area contributed by atoms with Crippen LogP contribution < -0.4 is 5.32 Å². The van der Waals surface area contributed by atoms with Gasteiger partial charge in [-0.3, -0.25) is 10.1 Å². The molecule has 3 heterocycles. The van der Waals surface area contributed by atoms with E-state index >= 15 is 0 Å². The van der Waals surface area contributed by atoms with Gasteiger partial charge >= 0.3 is 0 Å². The average Bonchev–Trinajstić information content (AvgIpc) is 3.20. The van der Waals surface area contributed by atoms with Crippen LogP contribution in [0.1, 0.15) is 15.4 Å². The second-order valence-corrected chi connectivity index (χ2v) is 9.81. The van der Waals surface area contributed by atoms with E-state index in [4.69, 9.17) is 0 Å². The summed E-state index contributed by atoms with van der Waals surface area (Å²) in [6.45, 7) is 0.678. The number of aromatic nitrogens is 1. The zero-order valence-corrected chi connectivity index (χ0v) is 16.2. The molecule has 0 bridgehead atoms. The highest BCUT2D eigenvalue weighted by molar-refractivity contribution is 7.86. The zero-order chi connectivity index (χ0) is 18.0. The third-order valence-electron chi connectivity index (χ3n) is 3.66. The van der Waals surface area contributed by atoms with Crippen molar-refractivity contribution in [2.24, 2.45) is 0 Å². The van der Waals surface area contributed by atoms with Crippen molar-refractivity contribution in [3.8, 4) is 0 Å². The molecule has 0 saturated heterocycles. The van der Waals surface area contributed by atoms with Crippen LogP contribution in [0.2, 0.25) is 0 Å². The quantitative estimate of drug-likeness (QED) is 0.781. The molecule has 10 heteroatoms. The summed E-state index contributed by atoms with van der Waals surface area (Å²) < 4.78 is 27.1. The lowest BCUT2D eigenvalue weighted by molar-refractivity contribution is -0.111.